The molecular formula is C19H24N6O. The first-order chi connectivity index (χ1) is 12.7. The fourth-order valence-corrected chi connectivity index (χ4v) is 3.67. The largest absolute Gasteiger partial charge is 0.496 e. The number of H-pyrrole nitrogens is 1. The van der Waals surface area contributed by atoms with Crippen molar-refractivity contribution in [2.24, 2.45) is 0 Å². The summed E-state index contributed by atoms with van der Waals surface area (Å²) in [5.41, 5.74) is 2.41. The van der Waals surface area contributed by atoms with Crippen molar-refractivity contribution in [3.63, 3.8) is 0 Å². The Morgan fingerprint density at radius 2 is 2.23 bits per heavy atom. The Labute approximate surface area is 153 Å². The molecule has 7 nitrogen and oxygen atoms in total. The number of aromatic nitrogens is 5. The van der Waals surface area contributed by atoms with E-state index in [1.165, 1.54) is 12.0 Å². The molecular weight excluding hydrogens is 328 g/mol. The predicted molar refractivity (Wildman–Crippen MR) is 97.8 cm³/mol. The van der Waals surface area contributed by atoms with Crippen LogP contribution in [0.25, 0.3) is 0 Å². The molecule has 1 saturated heterocycles. The maximum atomic E-state index is 5.53. The molecule has 1 N–H and O–H groups in total. The minimum atomic E-state index is 0.289. The van der Waals surface area contributed by atoms with E-state index in [9.17, 15) is 0 Å². The summed E-state index contributed by atoms with van der Waals surface area (Å²) in [5.74, 6) is 2.68. The van der Waals surface area contributed by atoms with E-state index in [0.717, 1.165) is 42.5 Å². The minimum absolute atomic E-state index is 0.289. The third-order valence-electron chi connectivity index (χ3n) is 4.90. The van der Waals surface area contributed by atoms with Crippen LogP contribution in [-0.2, 0) is 13.1 Å². The molecule has 1 aliphatic heterocycles. The van der Waals surface area contributed by atoms with Crippen molar-refractivity contribution in [3.05, 3.63) is 59.4 Å². The van der Waals surface area contributed by atoms with Crippen LogP contribution in [0.5, 0.6) is 5.75 Å². The highest BCUT2D eigenvalue weighted by Gasteiger charge is 2.29. The second-order valence-corrected chi connectivity index (χ2v) is 6.76. The van der Waals surface area contributed by atoms with Crippen LogP contribution in [0, 0.1) is 6.92 Å². The number of benzene rings is 1. The molecule has 0 amide bonds. The smallest absolute Gasteiger partial charge is 0.167 e. The highest BCUT2D eigenvalue weighted by atomic mass is 16.5. The number of hydrogen-bond donors (Lipinski definition) is 1. The third kappa shape index (κ3) is 3.48. The highest BCUT2D eigenvalue weighted by molar-refractivity contribution is 5.37. The van der Waals surface area contributed by atoms with Crippen LogP contribution >= 0.6 is 0 Å². The lowest BCUT2D eigenvalue weighted by atomic mass is 10.1. The quantitative estimate of drug-likeness (QED) is 0.738. The van der Waals surface area contributed by atoms with Gasteiger partial charge in [-0.2, -0.15) is 10.2 Å². The number of rotatable bonds is 6. The summed E-state index contributed by atoms with van der Waals surface area (Å²) in [6.07, 6.45) is 6.04. The standard InChI is InChI=1S/C19H24N6O/c1-14-21-19(23-22-14)17-5-3-9-24(17)12-15-6-7-18(26-2)16(11-15)13-25-10-4-8-20-25/h4,6-8,10-11,17H,3,5,9,12-13H2,1-2H3,(H,21,22,23)/t17-/m1/s1. The molecule has 0 bridgehead atoms. The Balaban J connectivity index is 1.54. The van der Waals surface area contributed by atoms with Gasteiger partial charge in [0.05, 0.1) is 19.7 Å². The number of methoxy groups -OCH3 is 1. The predicted octanol–water partition coefficient (Wildman–Crippen LogP) is 2.70. The zero-order valence-electron chi connectivity index (χ0n) is 15.2. The Bertz CT molecular complexity index is 857. The molecule has 4 rings (SSSR count). The molecule has 7 heteroatoms. The minimum Gasteiger partial charge on any atom is -0.496 e. The van der Waals surface area contributed by atoms with E-state index in [-0.39, 0.29) is 6.04 Å². The molecule has 2 aromatic heterocycles. The van der Waals surface area contributed by atoms with Crippen LogP contribution in [0.1, 0.15) is 41.7 Å². The fraction of sp³-hybridized carbons (Fsp3) is 0.421. The summed E-state index contributed by atoms with van der Waals surface area (Å²) in [4.78, 5) is 7.00. The van der Waals surface area contributed by atoms with Gasteiger partial charge in [-0.05, 0) is 50.1 Å². The summed E-state index contributed by atoms with van der Waals surface area (Å²) < 4.78 is 7.45. The molecule has 0 radical (unpaired) electrons. The highest BCUT2D eigenvalue weighted by Crippen LogP contribution is 2.32. The van der Waals surface area contributed by atoms with Gasteiger partial charge < -0.3 is 4.74 Å². The molecule has 0 aliphatic carbocycles. The third-order valence-corrected chi connectivity index (χ3v) is 4.90. The van der Waals surface area contributed by atoms with Crippen molar-refractivity contribution in [3.8, 4) is 5.75 Å². The molecule has 0 unspecified atom stereocenters. The number of nitrogens with zero attached hydrogens (tertiary/aromatic N) is 5. The van der Waals surface area contributed by atoms with Crippen molar-refractivity contribution in [2.75, 3.05) is 13.7 Å². The van der Waals surface area contributed by atoms with Crippen LogP contribution in [-0.4, -0.2) is 43.5 Å². The summed E-state index contributed by atoms with van der Waals surface area (Å²) in [5, 5.41) is 11.6. The molecule has 1 aliphatic rings. The maximum Gasteiger partial charge on any atom is 0.167 e. The van der Waals surface area contributed by atoms with E-state index in [2.05, 4.69) is 43.4 Å². The fourth-order valence-electron chi connectivity index (χ4n) is 3.67. The van der Waals surface area contributed by atoms with Gasteiger partial charge in [-0.3, -0.25) is 14.7 Å². The second kappa shape index (κ2) is 7.29. The van der Waals surface area contributed by atoms with Crippen LogP contribution in [0.4, 0.5) is 0 Å². The van der Waals surface area contributed by atoms with Gasteiger partial charge in [0, 0.05) is 24.5 Å². The first-order valence-corrected chi connectivity index (χ1v) is 8.99. The molecule has 136 valence electrons. The lowest BCUT2D eigenvalue weighted by Crippen LogP contribution is -2.23. The Hall–Kier alpha value is -2.67. The van der Waals surface area contributed by atoms with Gasteiger partial charge in [0.2, 0.25) is 0 Å². The molecule has 1 aromatic carbocycles. The number of aryl methyl sites for hydroxylation is 1. The Kier molecular flexibility index (Phi) is 4.71. The lowest BCUT2D eigenvalue weighted by molar-refractivity contribution is 0.240. The van der Waals surface area contributed by atoms with Crippen molar-refractivity contribution in [1.29, 1.82) is 0 Å². The molecule has 1 atom stereocenters. The molecule has 0 spiro atoms. The zero-order valence-corrected chi connectivity index (χ0v) is 15.2. The average Bonchev–Trinajstić information content (AvgIpc) is 3.38. The molecule has 26 heavy (non-hydrogen) atoms. The number of ether oxygens (including phenoxy) is 1. The van der Waals surface area contributed by atoms with Crippen molar-refractivity contribution in [2.45, 2.75) is 38.9 Å². The molecule has 0 saturated carbocycles. The van der Waals surface area contributed by atoms with Crippen LogP contribution in [0.3, 0.4) is 0 Å². The van der Waals surface area contributed by atoms with Crippen LogP contribution in [0.15, 0.2) is 36.7 Å². The van der Waals surface area contributed by atoms with Gasteiger partial charge in [-0.25, -0.2) is 4.98 Å². The van der Waals surface area contributed by atoms with Crippen molar-refractivity contribution < 1.29 is 4.74 Å². The summed E-state index contributed by atoms with van der Waals surface area (Å²) >= 11 is 0. The monoisotopic (exact) mass is 352 g/mol. The molecule has 3 heterocycles. The van der Waals surface area contributed by atoms with E-state index >= 15 is 0 Å². The summed E-state index contributed by atoms with van der Waals surface area (Å²) in [6, 6.07) is 8.64. The Morgan fingerprint density at radius 1 is 1.31 bits per heavy atom. The van der Waals surface area contributed by atoms with Crippen molar-refractivity contribution in [1.82, 2.24) is 29.9 Å². The number of nitrogens with one attached hydrogen (secondary N) is 1. The van der Waals surface area contributed by atoms with Gasteiger partial charge in [0.15, 0.2) is 5.82 Å². The van der Waals surface area contributed by atoms with Gasteiger partial charge in [-0.1, -0.05) is 6.07 Å². The zero-order chi connectivity index (χ0) is 17.9. The first kappa shape index (κ1) is 16.8. The Morgan fingerprint density at radius 3 is 2.96 bits per heavy atom. The average molecular weight is 352 g/mol. The number of hydrogen-bond acceptors (Lipinski definition) is 5. The van der Waals surface area contributed by atoms with Gasteiger partial charge in [-0.15, -0.1) is 0 Å². The van der Waals surface area contributed by atoms with E-state index < -0.39 is 0 Å². The van der Waals surface area contributed by atoms with E-state index in [1.54, 1.807) is 13.3 Å². The lowest BCUT2D eigenvalue weighted by Gasteiger charge is -2.23. The second-order valence-electron chi connectivity index (χ2n) is 6.76. The molecule has 1 fully saturated rings. The van der Waals surface area contributed by atoms with E-state index in [4.69, 9.17) is 4.74 Å². The topological polar surface area (TPSA) is 71.9 Å². The normalized spacial score (nSPS) is 17.7. The maximum absolute atomic E-state index is 5.53. The number of likely N-dealkylation sites (tertiary alicyclic amines) is 1. The van der Waals surface area contributed by atoms with E-state index in [1.807, 2.05) is 23.9 Å². The first-order valence-electron chi connectivity index (χ1n) is 8.99. The SMILES string of the molecule is COc1ccc(CN2CCC[C@@H]2c2n[nH]c(C)n2)cc1Cn1cccn1. The van der Waals surface area contributed by atoms with Crippen LogP contribution in [0.2, 0.25) is 0 Å². The van der Waals surface area contributed by atoms with Crippen LogP contribution < -0.4 is 4.74 Å². The van der Waals surface area contributed by atoms with E-state index in [0.29, 0.717) is 6.54 Å². The summed E-state index contributed by atoms with van der Waals surface area (Å²) in [7, 11) is 1.71. The van der Waals surface area contributed by atoms with Crippen molar-refractivity contribution >= 4 is 0 Å². The summed E-state index contributed by atoms with van der Waals surface area (Å²) in [6.45, 7) is 4.60. The molecule has 3 aromatic rings. The van der Waals surface area contributed by atoms with Gasteiger partial charge in [0.25, 0.3) is 0 Å². The van der Waals surface area contributed by atoms with Gasteiger partial charge >= 0.3 is 0 Å². The number of aromatic amines is 1. The van der Waals surface area contributed by atoms with Gasteiger partial charge in [0.1, 0.15) is 11.6 Å².